The summed E-state index contributed by atoms with van der Waals surface area (Å²) in [5.74, 6) is 0.921. The smallest absolute Gasteiger partial charge is 0.131 e. The van der Waals surface area contributed by atoms with Crippen molar-refractivity contribution in [2.75, 3.05) is 11.9 Å². The summed E-state index contributed by atoms with van der Waals surface area (Å²) in [6.45, 7) is 6.55. The van der Waals surface area contributed by atoms with Gasteiger partial charge in [0.1, 0.15) is 11.0 Å². The molecule has 0 aromatic carbocycles. The van der Waals surface area contributed by atoms with E-state index in [1.807, 2.05) is 19.2 Å². The average molecular weight is 213 g/mol. The van der Waals surface area contributed by atoms with Gasteiger partial charge in [-0.15, -0.1) is 0 Å². The largest absolute Gasteiger partial charge is 0.355 e. The lowest BCUT2D eigenvalue weighted by Crippen LogP contribution is -2.41. The van der Waals surface area contributed by atoms with Crippen molar-refractivity contribution in [2.24, 2.45) is 0 Å². The molecule has 0 radical (unpaired) electrons. The first-order valence-corrected chi connectivity index (χ1v) is 5.21. The van der Waals surface area contributed by atoms with Crippen LogP contribution >= 0.6 is 11.6 Å². The van der Waals surface area contributed by atoms with Crippen LogP contribution in [0.4, 0.5) is 5.82 Å². The Bertz CT molecular complexity index is 310. The van der Waals surface area contributed by atoms with E-state index in [1.165, 1.54) is 0 Å². The van der Waals surface area contributed by atoms with Gasteiger partial charge in [0.15, 0.2) is 0 Å². The van der Waals surface area contributed by atoms with Gasteiger partial charge in [-0.1, -0.05) is 24.6 Å². The van der Waals surface area contributed by atoms with E-state index in [4.69, 9.17) is 11.6 Å². The number of pyridine rings is 1. The SMILES string of the molecule is CCC(C)(C)N(C)c1cccc(Cl)n1. The van der Waals surface area contributed by atoms with E-state index < -0.39 is 0 Å². The second-order valence-corrected chi connectivity index (χ2v) is 4.43. The van der Waals surface area contributed by atoms with Crippen LogP contribution in [-0.2, 0) is 0 Å². The van der Waals surface area contributed by atoms with Gasteiger partial charge in [0, 0.05) is 12.6 Å². The third-order valence-corrected chi connectivity index (χ3v) is 3.03. The van der Waals surface area contributed by atoms with Crippen LogP contribution in [0.25, 0.3) is 0 Å². The molecular weight excluding hydrogens is 196 g/mol. The van der Waals surface area contributed by atoms with E-state index in [0.717, 1.165) is 12.2 Å². The van der Waals surface area contributed by atoms with Crippen LogP contribution in [-0.4, -0.2) is 17.6 Å². The van der Waals surface area contributed by atoms with E-state index >= 15 is 0 Å². The van der Waals surface area contributed by atoms with E-state index in [-0.39, 0.29) is 5.54 Å². The fourth-order valence-electron chi connectivity index (χ4n) is 1.13. The molecule has 0 saturated heterocycles. The molecule has 0 fully saturated rings. The molecule has 0 aliphatic heterocycles. The lowest BCUT2D eigenvalue weighted by atomic mass is 10.0. The third-order valence-electron chi connectivity index (χ3n) is 2.82. The quantitative estimate of drug-likeness (QED) is 0.715. The van der Waals surface area contributed by atoms with Crippen molar-refractivity contribution in [3.8, 4) is 0 Å². The van der Waals surface area contributed by atoms with Gasteiger partial charge in [0.2, 0.25) is 0 Å². The molecular formula is C11H17ClN2. The molecule has 0 N–H and O–H groups in total. The van der Waals surface area contributed by atoms with Crippen LogP contribution in [0.15, 0.2) is 18.2 Å². The van der Waals surface area contributed by atoms with Gasteiger partial charge in [-0.25, -0.2) is 4.98 Å². The predicted molar refractivity (Wildman–Crippen MR) is 62.0 cm³/mol. The highest BCUT2D eigenvalue weighted by atomic mass is 35.5. The van der Waals surface area contributed by atoms with Gasteiger partial charge < -0.3 is 4.90 Å². The van der Waals surface area contributed by atoms with Crippen molar-refractivity contribution in [3.63, 3.8) is 0 Å². The minimum Gasteiger partial charge on any atom is -0.355 e. The van der Waals surface area contributed by atoms with Crippen molar-refractivity contribution in [2.45, 2.75) is 32.7 Å². The van der Waals surface area contributed by atoms with Crippen LogP contribution in [0.3, 0.4) is 0 Å². The number of rotatable bonds is 3. The third kappa shape index (κ3) is 2.38. The molecule has 14 heavy (non-hydrogen) atoms. The van der Waals surface area contributed by atoms with Gasteiger partial charge in [-0.05, 0) is 32.4 Å². The van der Waals surface area contributed by atoms with E-state index in [0.29, 0.717) is 5.15 Å². The molecule has 1 rings (SSSR count). The molecule has 0 amide bonds. The standard InChI is InChI=1S/C11H17ClN2/c1-5-11(2,3)14(4)10-8-6-7-9(12)13-10/h6-8H,5H2,1-4H3. The van der Waals surface area contributed by atoms with Gasteiger partial charge in [-0.3, -0.25) is 0 Å². The molecule has 1 heterocycles. The Morgan fingerprint density at radius 1 is 1.43 bits per heavy atom. The molecule has 2 nitrogen and oxygen atoms in total. The summed E-state index contributed by atoms with van der Waals surface area (Å²) in [5.41, 5.74) is 0.109. The number of halogens is 1. The molecule has 0 atom stereocenters. The molecule has 0 aliphatic carbocycles. The number of hydrogen-bond donors (Lipinski definition) is 0. The monoisotopic (exact) mass is 212 g/mol. The second kappa shape index (κ2) is 4.18. The van der Waals surface area contributed by atoms with Gasteiger partial charge in [0.25, 0.3) is 0 Å². The second-order valence-electron chi connectivity index (χ2n) is 4.04. The van der Waals surface area contributed by atoms with Crippen LogP contribution in [0, 0.1) is 0 Å². The van der Waals surface area contributed by atoms with Gasteiger partial charge >= 0.3 is 0 Å². The highest BCUT2D eigenvalue weighted by Gasteiger charge is 2.22. The first-order chi connectivity index (χ1) is 6.47. The zero-order valence-corrected chi connectivity index (χ0v) is 9.97. The van der Waals surface area contributed by atoms with Crippen molar-refractivity contribution in [3.05, 3.63) is 23.4 Å². The van der Waals surface area contributed by atoms with Crippen molar-refractivity contribution >= 4 is 17.4 Å². The summed E-state index contributed by atoms with van der Waals surface area (Å²) in [6.07, 6.45) is 1.07. The Hall–Kier alpha value is -0.760. The average Bonchev–Trinajstić information content (AvgIpc) is 2.16. The Morgan fingerprint density at radius 2 is 2.07 bits per heavy atom. The minimum atomic E-state index is 0.109. The number of anilines is 1. The first kappa shape index (κ1) is 11.3. The molecule has 1 aromatic rings. The number of aromatic nitrogens is 1. The normalized spacial score (nSPS) is 11.5. The highest BCUT2D eigenvalue weighted by Crippen LogP contribution is 2.23. The molecule has 0 spiro atoms. The van der Waals surface area contributed by atoms with E-state index in [2.05, 4.69) is 30.7 Å². The lowest BCUT2D eigenvalue weighted by Gasteiger charge is -2.35. The van der Waals surface area contributed by atoms with Crippen LogP contribution in [0.2, 0.25) is 5.15 Å². The van der Waals surface area contributed by atoms with Crippen molar-refractivity contribution in [1.29, 1.82) is 0 Å². The molecule has 0 bridgehead atoms. The zero-order valence-electron chi connectivity index (χ0n) is 9.21. The molecule has 0 aliphatic rings. The number of hydrogen-bond acceptors (Lipinski definition) is 2. The molecule has 78 valence electrons. The predicted octanol–water partition coefficient (Wildman–Crippen LogP) is 3.36. The zero-order chi connectivity index (χ0) is 10.8. The topological polar surface area (TPSA) is 16.1 Å². The summed E-state index contributed by atoms with van der Waals surface area (Å²) in [7, 11) is 2.04. The summed E-state index contributed by atoms with van der Waals surface area (Å²) < 4.78 is 0. The Balaban J connectivity index is 2.94. The molecule has 1 aromatic heterocycles. The lowest BCUT2D eigenvalue weighted by molar-refractivity contribution is 0.467. The van der Waals surface area contributed by atoms with Gasteiger partial charge in [-0.2, -0.15) is 0 Å². The highest BCUT2D eigenvalue weighted by molar-refractivity contribution is 6.29. The van der Waals surface area contributed by atoms with E-state index in [9.17, 15) is 0 Å². The Morgan fingerprint density at radius 3 is 2.57 bits per heavy atom. The summed E-state index contributed by atoms with van der Waals surface area (Å²) in [4.78, 5) is 6.43. The minimum absolute atomic E-state index is 0.109. The summed E-state index contributed by atoms with van der Waals surface area (Å²) in [6, 6.07) is 5.69. The van der Waals surface area contributed by atoms with E-state index in [1.54, 1.807) is 6.07 Å². The maximum Gasteiger partial charge on any atom is 0.131 e. The number of nitrogens with zero attached hydrogens (tertiary/aromatic N) is 2. The van der Waals surface area contributed by atoms with Crippen LogP contribution in [0.5, 0.6) is 0 Å². The Labute approximate surface area is 90.9 Å². The molecule has 3 heteroatoms. The Kier molecular flexibility index (Phi) is 3.38. The fourth-order valence-corrected chi connectivity index (χ4v) is 1.29. The van der Waals surface area contributed by atoms with Crippen LogP contribution < -0.4 is 4.90 Å². The molecule has 0 unspecified atom stereocenters. The summed E-state index contributed by atoms with van der Waals surface area (Å²) >= 11 is 5.84. The van der Waals surface area contributed by atoms with Crippen molar-refractivity contribution in [1.82, 2.24) is 4.98 Å². The maximum atomic E-state index is 5.84. The van der Waals surface area contributed by atoms with Crippen LogP contribution in [0.1, 0.15) is 27.2 Å². The van der Waals surface area contributed by atoms with Gasteiger partial charge in [0.05, 0.1) is 0 Å². The summed E-state index contributed by atoms with van der Waals surface area (Å²) in [5, 5.41) is 0.543. The van der Waals surface area contributed by atoms with Crippen molar-refractivity contribution < 1.29 is 0 Å². The molecule has 0 saturated carbocycles. The first-order valence-electron chi connectivity index (χ1n) is 4.84. The fraction of sp³-hybridized carbons (Fsp3) is 0.545. The maximum absolute atomic E-state index is 5.84.